The fourth-order valence-electron chi connectivity index (χ4n) is 2.87. The van der Waals surface area contributed by atoms with Crippen molar-refractivity contribution in [2.75, 3.05) is 19.6 Å². The first-order chi connectivity index (χ1) is 8.52. The first-order valence-electron chi connectivity index (χ1n) is 6.20. The van der Waals surface area contributed by atoms with Gasteiger partial charge in [0.05, 0.1) is 5.92 Å². The van der Waals surface area contributed by atoms with Crippen LogP contribution in [0.15, 0.2) is 23.8 Å². The molecule has 0 aromatic carbocycles. The van der Waals surface area contributed by atoms with Crippen molar-refractivity contribution in [2.45, 2.75) is 13.3 Å². The Morgan fingerprint density at radius 1 is 1.50 bits per heavy atom. The van der Waals surface area contributed by atoms with Crippen LogP contribution in [0, 0.1) is 17.8 Å². The average molecular weight is 257 g/mol. The minimum absolute atomic E-state index is 0.250. The van der Waals surface area contributed by atoms with Crippen molar-refractivity contribution < 1.29 is 18.7 Å². The maximum atomic E-state index is 13.8. The van der Waals surface area contributed by atoms with E-state index in [1.165, 1.54) is 6.08 Å². The lowest BCUT2D eigenvalue weighted by molar-refractivity contribution is -0.143. The molecule has 0 amide bonds. The molecule has 1 N–H and O–H groups in total. The summed E-state index contributed by atoms with van der Waals surface area (Å²) < 4.78 is 26.7. The number of carbonyl (C=O) groups is 1. The molecule has 1 unspecified atom stereocenters. The summed E-state index contributed by atoms with van der Waals surface area (Å²) in [5, 5.41) is 9.21. The zero-order chi connectivity index (χ0) is 13.3. The fourth-order valence-corrected chi connectivity index (χ4v) is 2.87. The highest BCUT2D eigenvalue weighted by Gasteiger charge is 2.43. The van der Waals surface area contributed by atoms with Gasteiger partial charge in [0, 0.05) is 25.1 Å². The molecule has 3 atom stereocenters. The van der Waals surface area contributed by atoms with Crippen molar-refractivity contribution >= 4 is 5.97 Å². The minimum Gasteiger partial charge on any atom is -0.481 e. The van der Waals surface area contributed by atoms with Crippen LogP contribution >= 0.6 is 0 Å². The molecule has 0 aromatic rings. The quantitative estimate of drug-likeness (QED) is 0.843. The summed E-state index contributed by atoms with van der Waals surface area (Å²) in [4.78, 5) is 13.2. The van der Waals surface area contributed by atoms with Crippen LogP contribution in [-0.4, -0.2) is 35.6 Å². The van der Waals surface area contributed by atoms with Crippen LogP contribution in [0.3, 0.4) is 0 Å². The Labute approximate surface area is 105 Å². The molecule has 0 radical (unpaired) electrons. The zero-order valence-corrected chi connectivity index (χ0v) is 10.3. The summed E-state index contributed by atoms with van der Waals surface area (Å²) in [5.74, 6) is -3.32. The predicted molar refractivity (Wildman–Crippen MR) is 63.2 cm³/mol. The van der Waals surface area contributed by atoms with Crippen molar-refractivity contribution in [1.82, 2.24) is 4.90 Å². The van der Waals surface area contributed by atoms with E-state index in [0.717, 1.165) is 12.6 Å². The summed E-state index contributed by atoms with van der Waals surface area (Å²) in [6.07, 6.45) is 2.46. The van der Waals surface area contributed by atoms with Crippen molar-refractivity contribution in [2.24, 2.45) is 17.8 Å². The molecule has 1 fully saturated rings. The van der Waals surface area contributed by atoms with Crippen LogP contribution in [0.25, 0.3) is 0 Å². The molecule has 2 aliphatic rings. The maximum Gasteiger partial charge on any atom is 0.308 e. The second-order valence-corrected chi connectivity index (χ2v) is 4.92. The van der Waals surface area contributed by atoms with Gasteiger partial charge in [-0.3, -0.25) is 4.79 Å². The lowest BCUT2D eigenvalue weighted by atomic mass is 9.79. The van der Waals surface area contributed by atoms with E-state index in [0.29, 0.717) is 13.1 Å². The van der Waals surface area contributed by atoms with Crippen LogP contribution < -0.4 is 0 Å². The standard InChI is InChI=1S/C13H17F2NO2/c1-2-16-6-10(11(7-16)13(17)18)9-4-3-8(14)5-12(9)15/h3,5,9-11H,2,4,6-7H2,1H3,(H,17,18)/t9?,10-,11+/m0/s1. The van der Waals surface area contributed by atoms with E-state index in [2.05, 4.69) is 0 Å². The molecule has 1 heterocycles. The summed E-state index contributed by atoms with van der Waals surface area (Å²) in [5.41, 5.74) is 0. The SMILES string of the molecule is CCN1C[C@@H](C(=O)O)[C@H](C2CC=C(F)C=C2F)C1. The third-order valence-corrected chi connectivity index (χ3v) is 3.92. The molecule has 3 nitrogen and oxygen atoms in total. The van der Waals surface area contributed by atoms with E-state index >= 15 is 0 Å². The number of aliphatic carboxylic acids is 1. The van der Waals surface area contributed by atoms with Gasteiger partial charge >= 0.3 is 5.97 Å². The lowest BCUT2D eigenvalue weighted by Crippen LogP contribution is -2.29. The fraction of sp³-hybridized carbons (Fsp3) is 0.615. The van der Waals surface area contributed by atoms with Gasteiger partial charge in [-0.2, -0.15) is 0 Å². The second kappa shape index (κ2) is 5.18. The number of nitrogens with zero attached hydrogens (tertiary/aromatic N) is 1. The number of hydrogen-bond acceptors (Lipinski definition) is 2. The average Bonchev–Trinajstić information content (AvgIpc) is 2.73. The minimum atomic E-state index is -0.890. The molecule has 18 heavy (non-hydrogen) atoms. The number of rotatable bonds is 3. The van der Waals surface area contributed by atoms with E-state index in [4.69, 9.17) is 0 Å². The molecule has 0 aromatic heterocycles. The monoisotopic (exact) mass is 257 g/mol. The number of hydrogen-bond donors (Lipinski definition) is 1. The number of allylic oxidation sites excluding steroid dienone is 4. The van der Waals surface area contributed by atoms with Gasteiger partial charge in [0.15, 0.2) is 0 Å². The summed E-state index contributed by atoms with van der Waals surface area (Å²) in [7, 11) is 0. The van der Waals surface area contributed by atoms with Crippen molar-refractivity contribution in [3.05, 3.63) is 23.8 Å². The molecule has 1 aliphatic heterocycles. The van der Waals surface area contributed by atoms with Gasteiger partial charge in [-0.05, 0) is 25.0 Å². The first-order valence-corrected chi connectivity index (χ1v) is 6.20. The van der Waals surface area contributed by atoms with Gasteiger partial charge in [0.1, 0.15) is 11.7 Å². The Morgan fingerprint density at radius 2 is 2.22 bits per heavy atom. The number of carboxylic acid groups (broad SMARTS) is 1. The van der Waals surface area contributed by atoms with Crippen LogP contribution in [0.4, 0.5) is 8.78 Å². The van der Waals surface area contributed by atoms with Crippen molar-refractivity contribution in [3.63, 3.8) is 0 Å². The predicted octanol–water partition coefficient (Wildman–Crippen LogP) is 2.37. The van der Waals surface area contributed by atoms with Crippen molar-refractivity contribution in [1.29, 1.82) is 0 Å². The molecule has 5 heteroatoms. The smallest absolute Gasteiger partial charge is 0.308 e. The summed E-state index contributed by atoms with van der Waals surface area (Å²) >= 11 is 0. The van der Waals surface area contributed by atoms with Crippen LogP contribution in [-0.2, 0) is 4.79 Å². The molecule has 0 bridgehead atoms. The van der Waals surface area contributed by atoms with Gasteiger partial charge in [0.2, 0.25) is 0 Å². The van der Waals surface area contributed by atoms with Gasteiger partial charge in [-0.1, -0.05) is 6.92 Å². The third-order valence-electron chi connectivity index (χ3n) is 3.92. The zero-order valence-electron chi connectivity index (χ0n) is 10.3. The molecule has 0 spiro atoms. The maximum absolute atomic E-state index is 13.8. The normalized spacial score (nSPS) is 33.2. The van der Waals surface area contributed by atoms with E-state index < -0.39 is 29.5 Å². The van der Waals surface area contributed by atoms with E-state index in [-0.39, 0.29) is 12.3 Å². The summed E-state index contributed by atoms with van der Waals surface area (Å²) in [6, 6.07) is 0. The highest BCUT2D eigenvalue weighted by atomic mass is 19.1. The van der Waals surface area contributed by atoms with E-state index in [1.54, 1.807) is 0 Å². The van der Waals surface area contributed by atoms with Gasteiger partial charge in [-0.25, -0.2) is 8.78 Å². The Bertz CT molecular complexity index is 406. The Kier molecular flexibility index (Phi) is 3.80. The van der Waals surface area contributed by atoms with Gasteiger partial charge in [0.25, 0.3) is 0 Å². The van der Waals surface area contributed by atoms with Gasteiger partial charge in [-0.15, -0.1) is 0 Å². The number of halogens is 2. The Hall–Kier alpha value is -1.23. The van der Waals surface area contributed by atoms with E-state index in [1.807, 2.05) is 11.8 Å². The topological polar surface area (TPSA) is 40.5 Å². The molecular weight excluding hydrogens is 240 g/mol. The number of likely N-dealkylation sites (tertiary alicyclic amines) is 1. The second-order valence-electron chi connectivity index (χ2n) is 4.92. The van der Waals surface area contributed by atoms with Crippen molar-refractivity contribution in [3.8, 4) is 0 Å². The largest absolute Gasteiger partial charge is 0.481 e. The molecular formula is C13H17F2NO2. The molecule has 100 valence electrons. The Morgan fingerprint density at radius 3 is 2.78 bits per heavy atom. The highest BCUT2D eigenvalue weighted by Crippen LogP contribution is 2.39. The lowest BCUT2D eigenvalue weighted by Gasteiger charge is -2.25. The Balaban J connectivity index is 2.17. The van der Waals surface area contributed by atoms with E-state index in [9.17, 15) is 18.7 Å². The number of carboxylic acids is 1. The molecule has 2 rings (SSSR count). The third kappa shape index (κ3) is 2.46. The van der Waals surface area contributed by atoms with Gasteiger partial charge < -0.3 is 10.0 Å². The first kappa shape index (κ1) is 13.2. The van der Waals surface area contributed by atoms with Crippen LogP contribution in [0.1, 0.15) is 13.3 Å². The van der Waals surface area contributed by atoms with Crippen LogP contribution in [0.5, 0.6) is 0 Å². The molecule has 1 aliphatic carbocycles. The molecule has 0 saturated carbocycles. The molecule has 1 saturated heterocycles. The van der Waals surface area contributed by atoms with Crippen LogP contribution in [0.2, 0.25) is 0 Å². The highest BCUT2D eigenvalue weighted by molar-refractivity contribution is 5.71. The summed E-state index contributed by atoms with van der Waals surface area (Å²) in [6.45, 7) is 3.72.